The first-order chi connectivity index (χ1) is 9.02. The van der Waals surface area contributed by atoms with Gasteiger partial charge in [-0.25, -0.2) is 8.78 Å². The molecule has 0 fully saturated rings. The molecule has 0 saturated carbocycles. The highest BCUT2D eigenvalue weighted by Gasteiger charge is 2.09. The highest BCUT2D eigenvalue weighted by atomic mass is 19.3. The molecule has 0 aliphatic heterocycles. The number of hydrogen-bond acceptors (Lipinski definition) is 6. The van der Waals surface area contributed by atoms with Crippen molar-refractivity contribution in [2.24, 2.45) is 5.84 Å². The minimum Gasteiger partial charge on any atom is -0.382 e. The fourth-order valence-electron chi connectivity index (χ4n) is 1.34. The van der Waals surface area contributed by atoms with Gasteiger partial charge < -0.3 is 15.5 Å². The number of benzene rings is 1. The molecule has 1 aromatic rings. The highest BCUT2D eigenvalue weighted by molar-refractivity contribution is 5.63. The first-order valence-corrected chi connectivity index (χ1v) is 5.39. The average Bonchev–Trinajstić information content (AvgIpc) is 2.37. The van der Waals surface area contributed by atoms with Crippen molar-refractivity contribution in [3.8, 4) is 0 Å². The number of anilines is 2. The smallest absolute Gasteiger partial charge is 0.273 e. The molecule has 0 aromatic heterocycles. The summed E-state index contributed by atoms with van der Waals surface area (Å²) in [5.74, 6) is 5.19. The van der Waals surface area contributed by atoms with Crippen molar-refractivity contribution in [2.45, 2.75) is 6.43 Å². The van der Waals surface area contributed by atoms with E-state index in [4.69, 9.17) is 5.84 Å². The van der Waals surface area contributed by atoms with E-state index in [1.54, 1.807) is 6.07 Å². The normalized spacial score (nSPS) is 10.5. The van der Waals surface area contributed by atoms with E-state index in [1.165, 1.54) is 12.1 Å². The molecule has 9 heteroatoms. The zero-order chi connectivity index (χ0) is 14.3. The first-order valence-electron chi connectivity index (χ1n) is 5.39. The Morgan fingerprint density at radius 2 is 2.05 bits per heavy atom. The van der Waals surface area contributed by atoms with Crippen molar-refractivity contribution in [1.82, 2.24) is 0 Å². The Morgan fingerprint density at radius 1 is 1.37 bits per heavy atom. The van der Waals surface area contributed by atoms with Gasteiger partial charge in [-0.3, -0.25) is 16.0 Å². The zero-order valence-electron chi connectivity index (χ0n) is 9.94. The minimum atomic E-state index is -2.51. The van der Waals surface area contributed by atoms with Crippen LogP contribution in [-0.4, -0.2) is 31.1 Å². The van der Waals surface area contributed by atoms with Gasteiger partial charge in [0.15, 0.2) is 0 Å². The lowest BCUT2D eigenvalue weighted by Crippen LogP contribution is -2.13. The Morgan fingerprint density at radius 3 is 2.63 bits per heavy atom. The molecule has 0 heterocycles. The van der Waals surface area contributed by atoms with Crippen LogP contribution in [0.1, 0.15) is 0 Å². The van der Waals surface area contributed by atoms with Crippen LogP contribution in [0, 0.1) is 10.1 Å². The molecule has 0 aliphatic rings. The lowest BCUT2D eigenvalue weighted by molar-refractivity contribution is -0.384. The summed E-state index contributed by atoms with van der Waals surface area (Å²) < 4.78 is 28.2. The second-order valence-electron chi connectivity index (χ2n) is 3.56. The summed E-state index contributed by atoms with van der Waals surface area (Å²) in [4.78, 5) is 10.1. The van der Waals surface area contributed by atoms with E-state index in [1.807, 2.05) is 0 Å². The molecule has 7 nitrogen and oxygen atoms in total. The Labute approximate surface area is 107 Å². The summed E-state index contributed by atoms with van der Waals surface area (Å²) in [7, 11) is 0. The molecule has 0 spiro atoms. The summed E-state index contributed by atoms with van der Waals surface area (Å²) in [6, 6.07) is 4.15. The fourth-order valence-corrected chi connectivity index (χ4v) is 1.34. The largest absolute Gasteiger partial charge is 0.382 e. The standard InChI is InChI=1S/C10H14F2N4O3/c11-10(12)6-19-2-1-14-7-3-8(15-13)5-9(4-7)16(17)18/h3-5,10,14-15H,1-2,6,13H2. The summed E-state index contributed by atoms with van der Waals surface area (Å²) in [5.41, 5.74) is 2.98. The molecule has 0 aliphatic carbocycles. The second kappa shape index (κ2) is 7.44. The average molecular weight is 276 g/mol. The van der Waals surface area contributed by atoms with Crippen molar-refractivity contribution in [3.63, 3.8) is 0 Å². The summed E-state index contributed by atoms with van der Waals surface area (Å²) >= 11 is 0. The number of nitrogens with one attached hydrogen (secondary N) is 2. The van der Waals surface area contributed by atoms with Gasteiger partial charge in [0.25, 0.3) is 12.1 Å². The summed E-state index contributed by atoms with van der Waals surface area (Å²) in [5, 5.41) is 13.5. The quantitative estimate of drug-likeness (QED) is 0.288. The minimum absolute atomic E-state index is 0.0679. The third-order valence-electron chi connectivity index (χ3n) is 2.11. The molecule has 0 amide bonds. The molecule has 19 heavy (non-hydrogen) atoms. The van der Waals surface area contributed by atoms with Crippen molar-refractivity contribution >= 4 is 17.1 Å². The lowest BCUT2D eigenvalue weighted by Gasteiger charge is -2.09. The number of nitro groups is 1. The molecule has 4 N–H and O–H groups in total. The number of halogens is 2. The maximum Gasteiger partial charge on any atom is 0.273 e. The van der Waals surface area contributed by atoms with Crippen LogP contribution in [0.4, 0.5) is 25.8 Å². The van der Waals surface area contributed by atoms with E-state index in [9.17, 15) is 18.9 Å². The van der Waals surface area contributed by atoms with E-state index in [0.717, 1.165) is 0 Å². The van der Waals surface area contributed by atoms with E-state index in [0.29, 0.717) is 11.4 Å². The Balaban J connectivity index is 2.53. The van der Waals surface area contributed by atoms with Gasteiger partial charge in [0, 0.05) is 24.4 Å². The van der Waals surface area contributed by atoms with Crippen LogP contribution in [0.25, 0.3) is 0 Å². The predicted molar refractivity (Wildman–Crippen MR) is 66.2 cm³/mol. The maximum absolute atomic E-state index is 11.8. The Hall–Kier alpha value is -2.00. The molecule has 0 saturated heterocycles. The number of hydrogen-bond donors (Lipinski definition) is 3. The Kier molecular flexibility index (Phi) is 5.90. The SMILES string of the molecule is NNc1cc(NCCOCC(F)F)cc([N+](=O)[O-])c1. The Bertz CT molecular complexity index is 431. The molecule has 0 atom stereocenters. The van der Waals surface area contributed by atoms with Crippen LogP contribution < -0.4 is 16.6 Å². The molecule has 1 rings (SSSR count). The third kappa shape index (κ3) is 5.44. The molecule has 0 radical (unpaired) electrons. The van der Waals surface area contributed by atoms with E-state index in [2.05, 4.69) is 15.5 Å². The van der Waals surface area contributed by atoms with Gasteiger partial charge in [0.2, 0.25) is 0 Å². The second-order valence-corrected chi connectivity index (χ2v) is 3.56. The van der Waals surface area contributed by atoms with Gasteiger partial charge in [-0.05, 0) is 6.07 Å². The molecule has 0 unspecified atom stereocenters. The maximum atomic E-state index is 11.8. The summed E-state index contributed by atoms with van der Waals surface area (Å²) in [6.07, 6.45) is -2.51. The van der Waals surface area contributed by atoms with Crippen LogP contribution in [0.2, 0.25) is 0 Å². The molecule has 0 bridgehead atoms. The topological polar surface area (TPSA) is 102 Å². The number of nitrogens with two attached hydrogens (primary N) is 1. The number of nitrogen functional groups attached to an aromatic ring is 1. The van der Waals surface area contributed by atoms with Crippen LogP contribution in [-0.2, 0) is 4.74 Å². The van der Waals surface area contributed by atoms with Gasteiger partial charge >= 0.3 is 0 Å². The third-order valence-corrected chi connectivity index (χ3v) is 2.11. The number of nitrogens with zero attached hydrogens (tertiary/aromatic N) is 1. The van der Waals surface area contributed by atoms with Gasteiger partial charge in [-0.2, -0.15) is 0 Å². The van der Waals surface area contributed by atoms with Crippen molar-refractivity contribution in [2.75, 3.05) is 30.5 Å². The first kappa shape index (κ1) is 15.1. The molecular formula is C10H14F2N4O3. The van der Waals surface area contributed by atoms with Gasteiger partial charge in [0.05, 0.1) is 17.2 Å². The monoisotopic (exact) mass is 276 g/mol. The fraction of sp³-hybridized carbons (Fsp3) is 0.400. The molecule has 1 aromatic carbocycles. The summed E-state index contributed by atoms with van der Waals surface area (Å²) in [6.45, 7) is -0.317. The number of rotatable bonds is 8. The number of ether oxygens (including phenoxy) is 1. The van der Waals surface area contributed by atoms with Crippen LogP contribution in [0.15, 0.2) is 18.2 Å². The van der Waals surface area contributed by atoms with Crippen molar-refractivity contribution < 1.29 is 18.4 Å². The molecule has 106 valence electrons. The van der Waals surface area contributed by atoms with Crippen molar-refractivity contribution in [3.05, 3.63) is 28.3 Å². The number of hydrazine groups is 1. The van der Waals surface area contributed by atoms with E-state index >= 15 is 0 Å². The van der Waals surface area contributed by atoms with Gasteiger partial charge in [-0.15, -0.1) is 0 Å². The number of nitro benzene ring substituents is 1. The van der Waals surface area contributed by atoms with Crippen LogP contribution >= 0.6 is 0 Å². The van der Waals surface area contributed by atoms with E-state index in [-0.39, 0.29) is 18.8 Å². The van der Waals surface area contributed by atoms with E-state index < -0.39 is 18.0 Å². The van der Waals surface area contributed by atoms with Crippen LogP contribution in [0.3, 0.4) is 0 Å². The van der Waals surface area contributed by atoms with Crippen LogP contribution in [0.5, 0.6) is 0 Å². The zero-order valence-corrected chi connectivity index (χ0v) is 9.94. The predicted octanol–water partition coefficient (Wildman–Crippen LogP) is 1.57. The molecular weight excluding hydrogens is 262 g/mol. The van der Waals surface area contributed by atoms with Gasteiger partial charge in [0.1, 0.15) is 6.61 Å². The van der Waals surface area contributed by atoms with Crippen molar-refractivity contribution in [1.29, 1.82) is 0 Å². The number of non-ortho nitro benzene ring substituents is 1. The van der Waals surface area contributed by atoms with Gasteiger partial charge in [-0.1, -0.05) is 0 Å². The lowest BCUT2D eigenvalue weighted by atomic mass is 10.2. The highest BCUT2D eigenvalue weighted by Crippen LogP contribution is 2.23. The number of alkyl halides is 2.